The Bertz CT molecular complexity index is 614. The molecule has 106 valence electrons. The first-order valence-corrected chi connectivity index (χ1v) is 7.29. The van der Waals surface area contributed by atoms with Gasteiger partial charge in [-0.3, -0.25) is 0 Å². The van der Waals surface area contributed by atoms with Gasteiger partial charge in [-0.2, -0.15) is 0 Å². The first-order chi connectivity index (χ1) is 9.76. The molecule has 0 aliphatic heterocycles. The van der Waals surface area contributed by atoms with E-state index in [9.17, 15) is 4.79 Å². The van der Waals surface area contributed by atoms with Gasteiger partial charge in [0.1, 0.15) is 5.58 Å². The van der Waals surface area contributed by atoms with Crippen LogP contribution >= 0.6 is 0 Å². The van der Waals surface area contributed by atoms with Crippen LogP contribution < -0.4 is 10.6 Å². The fraction of sp³-hybridized carbons (Fsp3) is 0.438. The molecule has 1 heterocycles. The van der Waals surface area contributed by atoms with Gasteiger partial charge in [0.15, 0.2) is 0 Å². The summed E-state index contributed by atoms with van der Waals surface area (Å²) in [4.78, 5) is 11.5. The number of rotatable bonds is 5. The minimum atomic E-state index is -0.0606. The van der Waals surface area contributed by atoms with E-state index in [1.165, 1.54) is 5.56 Å². The first-order valence-electron chi connectivity index (χ1n) is 7.29. The van der Waals surface area contributed by atoms with Gasteiger partial charge in [0.25, 0.3) is 0 Å². The fourth-order valence-corrected chi connectivity index (χ4v) is 2.32. The summed E-state index contributed by atoms with van der Waals surface area (Å²) in [5.41, 5.74) is 3.38. The van der Waals surface area contributed by atoms with Crippen molar-refractivity contribution in [3.63, 3.8) is 0 Å². The number of aryl methyl sites for hydroxylation is 1. The molecule has 20 heavy (non-hydrogen) atoms. The van der Waals surface area contributed by atoms with E-state index in [0.29, 0.717) is 12.6 Å². The van der Waals surface area contributed by atoms with Gasteiger partial charge in [-0.1, -0.05) is 13.0 Å². The smallest absolute Gasteiger partial charge is 0.315 e. The molecule has 1 aliphatic rings. The zero-order valence-corrected chi connectivity index (χ0v) is 11.7. The van der Waals surface area contributed by atoms with Gasteiger partial charge >= 0.3 is 6.03 Å². The van der Waals surface area contributed by atoms with Crippen molar-refractivity contribution < 1.29 is 9.21 Å². The van der Waals surface area contributed by atoms with Crippen molar-refractivity contribution in [2.45, 2.75) is 38.6 Å². The van der Waals surface area contributed by atoms with Gasteiger partial charge < -0.3 is 15.1 Å². The molecular formula is C16H20N2O2. The first kappa shape index (κ1) is 13.0. The standard InChI is InChI=1S/C16H20N2O2/c1-2-11-3-6-15-14(9-11)12(10-20-15)7-8-17-16(19)18-13-4-5-13/h3,6,9-10,13H,2,4-5,7-8H2,1H3,(H2,17,18,19). The molecule has 0 atom stereocenters. The highest BCUT2D eigenvalue weighted by Gasteiger charge is 2.22. The van der Waals surface area contributed by atoms with Crippen molar-refractivity contribution in [1.82, 2.24) is 10.6 Å². The number of carbonyl (C=O) groups is 1. The van der Waals surface area contributed by atoms with Crippen LogP contribution in [0.4, 0.5) is 4.79 Å². The maximum absolute atomic E-state index is 11.5. The number of nitrogens with one attached hydrogen (secondary N) is 2. The van der Waals surface area contributed by atoms with Crippen LogP contribution in [-0.4, -0.2) is 18.6 Å². The Balaban J connectivity index is 1.60. The molecule has 4 nitrogen and oxygen atoms in total. The molecule has 1 saturated carbocycles. The van der Waals surface area contributed by atoms with E-state index in [-0.39, 0.29) is 6.03 Å². The molecule has 3 rings (SSSR count). The molecule has 2 aromatic rings. The van der Waals surface area contributed by atoms with Crippen molar-refractivity contribution in [3.05, 3.63) is 35.6 Å². The van der Waals surface area contributed by atoms with Gasteiger partial charge in [-0.05, 0) is 48.9 Å². The monoisotopic (exact) mass is 272 g/mol. The molecule has 0 spiro atoms. The number of benzene rings is 1. The summed E-state index contributed by atoms with van der Waals surface area (Å²) in [6, 6.07) is 6.63. The summed E-state index contributed by atoms with van der Waals surface area (Å²) in [6.07, 6.45) is 5.82. The lowest BCUT2D eigenvalue weighted by molar-refractivity contribution is 0.240. The minimum absolute atomic E-state index is 0.0606. The van der Waals surface area contributed by atoms with Gasteiger partial charge in [-0.15, -0.1) is 0 Å². The third kappa shape index (κ3) is 2.95. The summed E-state index contributed by atoms with van der Waals surface area (Å²) in [5.74, 6) is 0. The highest BCUT2D eigenvalue weighted by Crippen LogP contribution is 2.23. The lowest BCUT2D eigenvalue weighted by Gasteiger charge is -2.05. The average molecular weight is 272 g/mol. The van der Waals surface area contributed by atoms with Crippen LogP contribution in [0.2, 0.25) is 0 Å². The number of carbonyl (C=O) groups excluding carboxylic acids is 1. The Morgan fingerprint density at radius 2 is 2.25 bits per heavy atom. The van der Waals surface area contributed by atoms with Crippen molar-refractivity contribution >= 4 is 17.0 Å². The number of hydrogen-bond donors (Lipinski definition) is 2. The summed E-state index contributed by atoms with van der Waals surface area (Å²) in [7, 11) is 0. The van der Waals surface area contributed by atoms with Gasteiger partial charge in [-0.25, -0.2) is 4.79 Å². The zero-order valence-electron chi connectivity index (χ0n) is 11.7. The number of fused-ring (bicyclic) bond motifs is 1. The van der Waals surface area contributed by atoms with E-state index in [1.807, 2.05) is 6.07 Å². The quantitative estimate of drug-likeness (QED) is 0.879. The predicted molar refractivity (Wildman–Crippen MR) is 78.9 cm³/mol. The molecule has 1 aromatic heterocycles. The highest BCUT2D eigenvalue weighted by atomic mass is 16.3. The lowest BCUT2D eigenvalue weighted by atomic mass is 10.1. The maximum Gasteiger partial charge on any atom is 0.315 e. The number of hydrogen-bond acceptors (Lipinski definition) is 2. The topological polar surface area (TPSA) is 54.3 Å². The maximum atomic E-state index is 11.5. The Morgan fingerprint density at radius 1 is 1.40 bits per heavy atom. The second kappa shape index (κ2) is 5.57. The summed E-state index contributed by atoms with van der Waals surface area (Å²) < 4.78 is 5.55. The van der Waals surface area contributed by atoms with E-state index in [1.54, 1.807) is 6.26 Å². The van der Waals surface area contributed by atoms with Gasteiger partial charge in [0.05, 0.1) is 6.26 Å². The SMILES string of the molecule is CCc1ccc2occ(CCNC(=O)NC3CC3)c2c1. The van der Waals surface area contributed by atoms with Crippen molar-refractivity contribution in [2.75, 3.05) is 6.54 Å². The Kier molecular flexibility index (Phi) is 3.63. The number of amides is 2. The number of furan rings is 1. The van der Waals surface area contributed by atoms with E-state index < -0.39 is 0 Å². The molecule has 0 radical (unpaired) electrons. The molecule has 1 aliphatic carbocycles. The van der Waals surface area contributed by atoms with Crippen molar-refractivity contribution in [2.24, 2.45) is 0 Å². The van der Waals surface area contributed by atoms with E-state index >= 15 is 0 Å². The molecular weight excluding hydrogens is 252 g/mol. The molecule has 2 N–H and O–H groups in total. The largest absolute Gasteiger partial charge is 0.464 e. The highest BCUT2D eigenvalue weighted by molar-refractivity contribution is 5.82. The lowest BCUT2D eigenvalue weighted by Crippen LogP contribution is -2.37. The van der Waals surface area contributed by atoms with Crippen LogP contribution in [0.25, 0.3) is 11.0 Å². The molecule has 0 bridgehead atoms. The molecule has 4 heteroatoms. The molecule has 1 fully saturated rings. The molecule has 0 saturated heterocycles. The average Bonchev–Trinajstić information content (AvgIpc) is 3.18. The second-order valence-electron chi connectivity index (χ2n) is 5.37. The van der Waals surface area contributed by atoms with Crippen LogP contribution in [0, 0.1) is 0 Å². The molecule has 0 unspecified atom stereocenters. The summed E-state index contributed by atoms with van der Waals surface area (Å²) in [6.45, 7) is 2.77. The Hall–Kier alpha value is -1.97. The van der Waals surface area contributed by atoms with Crippen LogP contribution in [-0.2, 0) is 12.8 Å². The van der Waals surface area contributed by atoms with Crippen LogP contribution in [0.1, 0.15) is 30.9 Å². The van der Waals surface area contributed by atoms with E-state index in [0.717, 1.165) is 42.2 Å². The Labute approximate surface area is 118 Å². The van der Waals surface area contributed by atoms with Gasteiger partial charge in [0.2, 0.25) is 0 Å². The van der Waals surface area contributed by atoms with Crippen molar-refractivity contribution in [1.29, 1.82) is 0 Å². The minimum Gasteiger partial charge on any atom is -0.464 e. The van der Waals surface area contributed by atoms with Crippen LogP contribution in [0.15, 0.2) is 28.9 Å². The second-order valence-corrected chi connectivity index (χ2v) is 5.37. The Morgan fingerprint density at radius 3 is 3.00 bits per heavy atom. The summed E-state index contributed by atoms with van der Waals surface area (Å²) >= 11 is 0. The predicted octanol–water partition coefficient (Wildman–Crippen LogP) is 3.00. The third-order valence-electron chi connectivity index (χ3n) is 3.72. The van der Waals surface area contributed by atoms with Gasteiger partial charge in [0, 0.05) is 18.0 Å². The van der Waals surface area contributed by atoms with Crippen molar-refractivity contribution in [3.8, 4) is 0 Å². The van der Waals surface area contributed by atoms with E-state index in [2.05, 4.69) is 29.7 Å². The zero-order chi connectivity index (χ0) is 13.9. The summed E-state index contributed by atoms with van der Waals surface area (Å²) in [5, 5.41) is 6.97. The molecule has 1 aromatic carbocycles. The third-order valence-corrected chi connectivity index (χ3v) is 3.72. The normalized spacial score (nSPS) is 14.4. The number of urea groups is 1. The molecule has 2 amide bonds. The van der Waals surface area contributed by atoms with Crippen LogP contribution in [0.5, 0.6) is 0 Å². The fourth-order valence-electron chi connectivity index (χ4n) is 2.32. The van der Waals surface area contributed by atoms with E-state index in [4.69, 9.17) is 4.42 Å². The van der Waals surface area contributed by atoms with Crippen LogP contribution in [0.3, 0.4) is 0 Å².